The van der Waals surface area contributed by atoms with Crippen LogP contribution in [0.25, 0.3) is 5.57 Å². The summed E-state index contributed by atoms with van der Waals surface area (Å²) in [6.07, 6.45) is 5.96. The molecule has 7 rings (SSSR count). The summed E-state index contributed by atoms with van der Waals surface area (Å²) >= 11 is 0. The molecule has 2 saturated heterocycles. The lowest BCUT2D eigenvalue weighted by molar-refractivity contribution is -0.137. The fourth-order valence-electron chi connectivity index (χ4n) is 7.75. The Hall–Kier alpha value is -4.80. The normalized spacial score (nSPS) is 19.3. The first-order valence-corrected chi connectivity index (χ1v) is 18.2. The van der Waals surface area contributed by atoms with Crippen LogP contribution in [0, 0.1) is 16.6 Å². The Kier molecular flexibility index (Phi) is 9.33. The topological polar surface area (TPSA) is 95.1 Å². The van der Waals surface area contributed by atoms with Crippen molar-refractivity contribution in [3.8, 4) is 0 Å². The zero-order valence-electron chi connectivity index (χ0n) is 30.4. The maximum absolute atomic E-state index is 13.9. The lowest BCUT2D eigenvalue weighted by Crippen LogP contribution is -2.62. The molecule has 4 aliphatic rings. The number of piperazine rings is 1. The fraction of sp³-hybridized carbons (Fsp3) is 0.463. The Morgan fingerprint density at radius 1 is 0.885 bits per heavy atom. The monoisotopic (exact) mass is 711 g/mol. The van der Waals surface area contributed by atoms with Gasteiger partial charge in [0.1, 0.15) is 18.1 Å². The van der Waals surface area contributed by atoms with Crippen LogP contribution in [-0.4, -0.2) is 84.2 Å². The highest BCUT2D eigenvalue weighted by Crippen LogP contribution is 2.55. The van der Waals surface area contributed by atoms with Crippen LogP contribution < -0.4 is 10.2 Å². The molecular weight excluding hydrogens is 664 g/mol. The van der Waals surface area contributed by atoms with Gasteiger partial charge in [-0.3, -0.25) is 14.6 Å². The Bertz CT molecular complexity index is 1860. The molecular formula is C41H47F2N5O4. The zero-order chi connectivity index (χ0) is 36.8. The predicted octanol–water partition coefficient (Wildman–Crippen LogP) is 6.94. The second-order valence-corrected chi connectivity index (χ2v) is 16.1. The number of nitrogens with zero attached hydrogens (tertiary/aromatic N) is 4. The van der Waals surface area contributed by atoms with E-state index in [1.54, 1.807) is 22.2 Å². The van der Waals surface area contributed by atoms with Crippen molar-refractivity contribution in [1.29, 1.82) is 0 Å². The van der Waals surface area contributed by atoms with E-state index in [9.17, 15) is 23.2 Å². The smallest absolute Gasteiger partial charge is 0.410 e. The molecule has 4 fully saturated rings. The van der Waals surface area contributed by atoms with Gasteiger partial charge in [0, 0.05) is 50.9 Å². The van der Waals surface area contributed by atoms with Gasteiger partial charge in [-0.25, -0.2) is 13.6 Å². The summed E-state index contributed by atoms with van der Waals surface area (Å²) in [5, 5.41) is 3.10. The third-order valence-electron chi connectivity index (χ3n) is 10.9. The highest BCUT2D eigenvalue weighted by molar-refractivity contribution is 5.95. The number of hydrogen-bond acceptors (Lipinski definition) is 6. The van der Waals surface area contributed by atoms with Gasteiger partial charge in [-0.15, -0.1) is 0 Å². The SMILES string of the molecule is C[C@@H](NC(=O)c1cncc(N2CCN(C(=O)C3(CF)CC3)CC2)c1)c1ccc(C(=C2CC3(C2)CN(C(=O)OC(C)(C)C)C3)c2ccc(F)cc2)cc1. The van der Waals surface area contributed by atoms with E-state index >= 15 is 0 Å². The first kappa shape index (κ1) is 35.6. The summed E-state index contributed by atoms with van der Waals surface area (Å²) in [7, 11) is 0. The van der Waals surface area contributed by atoms with Crippen molar-refractivity contribution in [2.75, 3.05) is 50.8 Å². The van der Waals surface area contributed by atoms with Crippen molar-refractivity contribution in [3.63, 3.8) is 0 Å². The number of carbonyl (C=O) groups is 3. The number of nitrogens with one attached hydrogen (secondary N) is 1. The van der Waals surface area contributed by atoms with E-state index in [2.05, 4.69) is 15.2 Å². The Labute approximate surface area is 304 Å². The third-order valence-corrected chi connectivity index (χ3v) is 10.9. The van der Waals surface area contributed by atoms with Gasteiger partial charge in [0.25, 0.3) is 5.91 Å². The number of anilines is 1. The van der Waals surface area contributed by atoms with E-state index in [1.165, 1.54) is 17.7 Å². The Morgan fingerprint density at radius 2 is 1.50 bits per heavy atom. The summed E-state index contributed by atoms with van der Waals surface area (Å²) in [4.78, 5) is 48.6. The summed E-state index contributed by atoms with van der Waals surface area (Å²) in [5.41, 5.74) is 5.21. The molecule has 3 heterocycles. The summed E-state index contributed by atoms with van der Waals surface area (Å²) in [6, 6.07) is 16.2. The van der Waals surface area contributed by atoms with Crippen molar-refractivity contribution in [2.24, 2.45) is 10.8 Å². The number of aromatic nitrogens is 1. The number of pyridine rings is 1. The molecule has 11 heteroatoms. The van der Waals surface area contributed by atoms with Crippen molar-refractivity contribution in [3.05, 3.63) is 101 Å². The number of benzene rings is 2. The molecule has 1 atom stereocenters. The van der Waals surface area contributed by atoms with Gasteiger partial charge in [-0.05, 0) is 93.8 Å². The van der Waals surface area contributed by atoms with E-state index in [4.69, 9.17) is 4.74 Å². The molecule has 274 valence electrons. The number of halogens is 2. The molecule has 2 aliphatic heterocycles. The van der Waals surface area contributed by atoms with E-state index in [0.717, 1.165) is 40.8 Å². The molecule has 3 aromatic rings. The van der Waals surface area contributed by atoms with Crippen molar-refractivity contribution < 1.29 is 27.9 Å². The molecule has 1 spiro atoms. The quantitative estimate of drug-likeness (QED) is 0.272. The maximum atomic E-state index is 13.9. The van der Waals surface area contributed by atoms with Crippen LogP contribution in [0.4, 0.5) is 19.3 Å². The van der Waals surface area contributed by atoms with Crippen LogP contribution in [0.15, 0.2) is 72.6 Å². The van der Waals surface area contributed by atoms with Crippen LogP contribution >= 0.6 is 0 Å². The van der Waals surface area contributed by atoms with Gasteiger partial charge in [-0.2, -0.15) is 0 Å². The van der Waals surface area contributed by atoms with Gasteiger partial charge in [-0.1, -0.05) is 42.0 Å². The van der Waals surface area contributed by atoms with Gasteiger partial charge < -0.3 is 24.8 Å². The van der Waals surface area contributed by atoms with Gasteiger partial charge >= 0.3 is 6.09 Å². The largest absolute Gasteiger partial charge is 0.444 e. The molecule has 0 unspecified atom stereocenters. The number of hydrogen-bond donors (Lipinski definition) is 1. The molecule has 2 saturated carbocycles. The number of allylic oxidation sites excluding steroid dienone is 1. The van der Waals surface area contributed by atoms with Crippen molar-refractivity contribution >= 4 is 29.2 Å². The Balaban J connectivity index is 0.990. The molecule has 0 radical (unpaired) electrons. The van der Waals surface area contributed by atoms with Crippen molar-refractivity contribution in [1.82, 2.24) is 20.1 Å². The summed E-state index contributed by atoms with van der Waals surface area (Å²) < 4.78 is 32.9. The number of carbonyl (C=O) groups excluding carboxylic acids is 3. The number of alkyl halides is 1. The molecule has 0 bridgehead atoms. The average Bonchev–Trinajstić information content (AvgIpc) is 3.90. The number of rotatable bonds is 8. The van der Waals surface area contributed by atoms with Gasteiger partial charge in [0.2, 0.25) is 5.91 Å². The lowest BCUT2D eigenvalue weighted by Gasteiger charge is -2.57. The fourth-order valence-corrected chi connectivity index (χ4v) is 7.75. The minimum atomic E-state index is -0.786. The number of likely N-dealkylation sites (tertiary alicyclic amines) is 1. The zero-order valence-corrected chi connectivity index (χ0v) is 30.4. The summed E-state index contributed by atoms with van der Waals surface area (Å²) in [5.74, 6) is -0.612. The van der Waals surface area contributed by atoms with E-state index in [0.29, 0.717) is 57.7 Å². The van der Waals surface area contributed by atoms with E-state index in [1.807, 2.05) is 70.2 Å². The second-order valence-electron chi connectivity index (χ2n) is 16.1. The number of ether oxygens (including phenoxy) is 1. The maximum Gasteiger partial charge on any atom is 0.410 e. The summed E-state index contributed by atoms with van der Waals surface area (Å²) in [6.45, 7) is 10.5. The van der Waals surface area contributed by atoms with Crippen LogP contribution in [0.2, 0.25) is 0 Å². The van der Waals surface area contributed by atoms with Gasteiger partial charge in [0.05, 0.1) is 28.9 Å². The molecule has 2 aromatic carbocycles. The highest BCUT2D eigenvalue weighted by Gasteiger charge is 2.53. The first-order chi connectivity index (χ1) is 24.8. The van der Waals surface area contributed by atoms with Crippen LogP contribution in [0.3, 0.4) is 0 Å². The van der Waals surface area contributed by atoms with Crippen molar-refractivity contribution in [2.45, 2.75) is 65.0 Å². The van der Waals surface area contributed by atoms with Crippen LogP contribution in [-0.2, 0) is 9.53 Å². The first-order valence-electron chi connectivity index (χ1n) is 18.2. The molecule has 1 aromatic heterocycles. The minimum absolute atomic E-state index is 0.0471. The van der Waals surface area contributed by atoms with Crippen LogP contribution in [0.5, 0.6) is 0 Å². The highest BCUT2D eigenvalue weighted by atomic mass is 19.1. The molecule has 2 aliphatic carbocycles. The average molecular weight is 712 g/mol. The molecule has 1 N–H and O–H groups in total. The minimum Gasteiger partial charge on any atom is -0.444 e. The standard InChI is InChI=1S/C41H47F2N5O4/c1-27(45-36(49)31-19-34(23-44-22-31)46-15-17-47(18-16-46)37(50)41(24-42)13-14-41)28-5-7-29(8-6-28)35(30-9-11-33(43)12-10-30)32-20-40(21-32)25-48(26-40)38(51)52-39(2,3)4/h5-12,19,22-23,27H,13-18,20-21,24-26H2,1-4H3,(H,45,49)/t27-/m1/s1. The second kappa shape index (κ2) is 13.6. The van der Waals surface area contributed by atoms with Crippen LogP contribution in [0.1, 0.15) is 86.5 Å². The van der Waals surface area contributed by atoms with E-state index < -0.39 is 17.7 Å². The predicted molar refractivity (Wildman–Crippen MR) is 195 cm³/mol. The molecule has 52 heavy (non-hydrogen) atoms. The number of amides is 3. The van der Waals surface area contributed by atoms with Gasteiger partial charge in [0.15, 0.2) is 0 Å². The third kappa shape index (κ3) is 7.27. The molecule has 3 amide bonds. The Morgan fingerprint density at radius 3 is 2.08 bits per heavy atom. The lowest BCUT2D eigenvalue weighted by atomic mass is 9.59. The molecule has 9 nitrogen and oxygen atoms in total. The van der Waals surface area contributed by atoms with E-state index in [-0.39, 0.29) is 35.2 Å².